The zero-order chi connectivity index (χ0) is 17.5. The van der Waals surface area contributed by atoms with E-state index in [1.807, 2.05) is 32.9 Å². The molecule has 0 aliphatic carbocycles. The van der Waals surface area contributed by atoms with Crippen LogP contribution in [0.2, 0.25) is 0 Å². The van der Waals surface area contributed by atoms with E-state index in [-0.39, 0.29) is 0 Å². The molecule has 0 saturated heterocycles. The van der Waals surface area contributed by atoms with E-state index < -0.39 is 22.6 Å². The molecule has 5 heteroatoms. The zero-order valence-corrected chi connectivity index (χ0v) is 13.9. The van der Waals surface area contributed by atoms with Crippen LogP contribution < -0.4 is 5.69 Å². The number of aliphatic carboxylic acids is 1. The molecule has 5 nitrogen and oxygen atoms in total. The van der Waals surface area contributed by atoms with E-state index in [0.717, 1.165) is 0 Å². The van der Waals surface area contributed by atoms with Crippen LogP contribution in [0.1, 0.15) is 26.3 Å². The van der Waals surface area contributed by atoms with Gasteiger partial charge in [-0.25, -0.2) is 9.59 Å². The highest BCUT2D eigenvalue weighted by Crippen LogP contribution is 2.43. The van der Waals surface area contributed by atoms with Gasteiger partial charge in [-0.2, -0.15) is 0 Å². The number of carboxylic acid groups (broad SMARTS) is 1. The quantitative estimate of drug-likeness (QED) is 0.777. The lowest BCUT2D eigenvalue weighted by Crippen LogP contribution is -2.56. The molecule has 124 valence electrons. The Morgan fingerprint density at radius 3 is 2.17 bits per heavy atom. The first-order chi connectivity index (χ1) is 11.3. The van der Waals surface area contributed by atoms with E-state index in [9.17, 15) is 14.7 Å². The molecule has 1 unspecified atom stereocenters. The highest BCUT2D eigenvalue weighted by molar-refractivity contribution is 5.86. The number of carbonyl (C=O) groups is 1. The number of aromatic amines is 1. The molecule has 1 heterocycles. The Balaban J connectivity index is 2.53. The van der Waals surface area contributed by atoms with Gasteiger partial charge in [0.15, 0.2) is 5.54 Å². The van der Waals surface area contributed by atoms with Gasteiger partial charge in [0.05, 0.1) is 11.0 Å². The smallest absolute Gasteiger partial charge is 0.335 e. The fourth-order valence-corrected chi connectivity index (χ4v) is 3.50. The SMILES string of the molecule is CC(C)(C)C(C(=O)O)(c1ccccc1)n1c(=O)[nH]c2ccccc21. The summed E-state index contributed by atoms with van der Waals surface area (Å²) in [4.78, 5) is 28.1. The molecule has 0 saturated carbocycles. The predicted octanol–water partition coefficient (Wildman–Crippen LogP) is 3.20. The van der Waals surface area contributed by atoms with Crippen LogP contribution in [0.5, 0.6) is 0 Å². The molecule has 1 aromatic heterocycles. The Labute approximate surface area is 139 Å². The highest BCUT2D eigenvalue weighted by Gasteiger charge is 2.53. The van der Waals surface area contributed by atoms with Crippen molar-refractivity contribution in [2.45, 2.75) is 26.3 Å². The van der Waals surface area contributed by atoms with Gasteiger partial charge in [0.25, 0.3) is 0 Å². The lowest BCUT2D eigenvalue weighted by molar-refractivity contribution is -0.150. The first-order valence-corrected chi connectivity index (χ1v) is 7.79. The summed E-state index contributed by atoms with van der Waals surface area (Å²) < 4.78 is 1.37. The number of imidazole rings is 1. The van der Waals surface area contributed by atoms with E-state index in [0.29, 0.717) is 16.6 Å². The molecule has 0 bridgehead atoms. The molecule has 1 atom stereocenters. The van der Waals surface area contributed by atoms with Crippen molar-refractivity contribution in [1.29, 1.82) is 0 Å². The topological polar surface area (TPSA) is 75.1 Å². The largest absolute Gasteiger partial charge is 0.479 e. The van der Waals surface area contributed by atoms with Crippen LogP contribution in [0.25, 0.3) is 11.0 Å². The maximum absolute atomic E-state index is 12.8. The third kappa shape index (κ3) is 2.08. The van der Waals surface area contributed by atoms with Gasteiger partial charge in [-0.1, -0.05) is 63.2 Å². The van der Waals surface area contributed by atoms with Crippen molar-refractivity contribution >= 4 is 17.0 Å². The molecule has 0 amide bonds. The molecular weight excluding hydrogens is 304 g/mol. The van der Waals surface area contributed by atoms with E-state index in [1.54, 1.807) is 42.5 Å². The van der Waals surface area contributed by atoms with Gasteiger partial charge in [0.2, 0.25) is 0 Å². The Morgan fingerprint density at radius 1 is 1.00 bits per heavy atom. The fourth-order valence-electron chi connectivity index (χ4n) is 3.50. The Hall–Kier alpha value is -2.82. The molecule has 3 aromatic rings. The van der Waals surface area contributed by atoms with Gasteiger partial charge in [0, 0.05) is 5.41 Å². The summed E-state index contributed by atoms with van der Waals surface area (Å²) in [6, 6.07) is 16.1. The zero-order valence-electron chi connectivity index (χ0n) is 13.9. The number of carboxylic acids is 1. The van der Waals surface area contributed by atoms with E-state index >= 15 is 0 Å². The summed E-state index contributed by atoms with van der Waals surface area (Å²) in [5, 5.41) is 10.3. The molecule has 0 radical (unpaired) electrons. The lowest BCUT2D eigenvalue weighted by Gasteiger charge is -2.42. The Kier molecular flexibility index (Phi) is 3.59. The number of nitrogens with one attached hydrogen (secondary N) is 1. The van der Waals surface area contributed by atoms with E-state index in [4.69, 9.17) is 0 Å². The number of hydrogen-bond acceptors (Lipinski definition) is 2. The lowest BCUT2D eigenvalue weighted by atomic mass is 9.69. The number of fused-ring (bicyclic) bond motifs is 1. The number of nitrogens with zero attached hydrogens (tertiary/aromatic N) is 1. The van der Waals surface area contributed by atoms with Gasteiger partial charge in [0.1, 0.15) is 0 Å². The Morgan fingerprint density at radius 2 is 1.58 bits per heavy atom. The first kappa shape index (κ1) is 16.1. The summed E-state index contributed by atoms with van der Waals surface area (Å²) in [5.74, 6) is -1.06. The number of benzene rings is 2. The average molecular weight is 324 g/mol. The normalized spacial score (nSPS) is 14.5. The second kappa shape index (κ2) is 5.37. The van der Waals surface area contributed by atoms with Crippen molar-refractivity contribution in [3.63, 3.8) is 0 Å². The highest BCUT2D eigenvalue weighted by atomic mass is 16.4. The number of aromatic nitrogens is 2. The van der Waals surface area contributed by atoms with Gasteiger partial charge in [-0.3, -0.25) is 4.57 Å². The molecule has 0 aliphatic heterocycles. The Bertz CT molecular complexity index is 948. The minimum Gasteiger partial charge on any atom is -0.479 e. The van der Waals surface area contributed by atoms with Gasteiger partial charge < -0.3 is 10.1 Å². The summed E-state index contributed by atoms with van der Waals surface area (Å²) >= 11 is 0. The minimum absolute atomic E-state index is 0.433. The molecule has 0 aliphatic rings. The number of H-pyrrole nitrogens is 1. The van der Waals surface area contributed by atoms with Crippen molar-refractivity contribution in [3.05, 3.63) is 70.6 Å². The van der Waals surface area contributed by atoms with Crippen molar-refractivity contribution < 1.29 is 9.90 Å². The maximum Gasteiger partial charge on any atom is 0.335 e. The van der Waals surface area contributed by atoms with Gasteiger partial charge in [-0.05, 0) is 17.7 Å². The second-order valence-electron chi connectivity index (χ2n) is 6.91. The number of hydrogen-bond donors (Lipinski definition) is 2. The fraction of sp³-hybridized carbons (Fsp3) is 0.263. The monoisotopic (exact) mass is 324 g/mol. The van der Waals surface area contributed by atoms with Crippen LogP contribution >= 0.6 is 0 Å². The molecule has 2 aromatic carbocycles. The number of rotatable bonds is 3. The van der Waals surface area contributed by atoms with Crippen LogP contribution in [0.15, 0.2) is 59.4 Å². The summed E-state index contributed by atoms with van der Waals surface area (Å²) in [5.41, 5.74) is -0.967. The van der Waals surface area contributed by atoms with Crippen LogP contribution in [-0.2, 0) is 10.3 Å². The number of para-hydroxylation sites is 2. The van der Waals surface area contributed by atoms with Crippen molar-refractivity contribution in [2.24, 2.45) is 5.41 Å². The standard InChI is InChI=1S/C19H20N2O3/c1-18(2,3)19(16(22)23,13-9-5-4-6-10-13)21-15-12-8-7-11-14(15)20-17(21)24/h4-12H,1-3H3,(H,20,24)(H,22,23). The van der Waals surface area contributed by atoms with Crippen molar-refractivity contribution in [2.75, 3.05) is 0 Å². The van der Waals surface area contributed by atoms with Crippen LogP contribution in [-0.4, -0.2) is 20.6 Å². The molecule has 2 N–H and O–H groups in total. The summed E-state index contributed by atoms with van der Waals surface area (Å²) in [7, 11) is 0. The van der Waals surface area contributed by atoms with Crippen molar-refractivity contribution in [1.82, 2.24) is 9.55 Å². The van der Waals surface area contributed by atoms with E-state index in [1.165, 1.54) is 4.57 Å². The summed E-state index contributed by atoms with van der Waals surface area (Å²) in [6.07, 6.45) is 0. The first-order valence-electron chi connectivity index (χ1n) is 7.79. The van der Waals surface area contributed by atoms with Crippen LogP contribution in [0, 0.1) is 5.41 Å². The molecule has 3 rings (SSSR count). The van der Waals surface area contributed by atoms with Crippen LogP contribution in [0.4, 0.5) is 0 Å². The predicted molar refractivity (Wildman–Crippen MR) is 93.2 cm³/mol. The van der Waals surface area contributed by atoms with E-state index in [2.05, 4.69) is 4.98 Å². The third-order valence-electron chi connectivity index (χ3n) is 4.51. The van der Waals surface area contributed by atoms with Gasteiger partial charge >= 0.3 is 11.7 Å². The molecule has 0 spiro atoms. The molecular formula is C19H20N2O3. The van der Waals surface area contributed by atoms with Crippen molar-refractivity contribution in [3.8, 4) is 0 Å². The van der Waals surface area contributed by atoms with Gasteiger partial charge in [-0.15, -0.1) is 0 Å². The average Bonchev–Trinajstić information content (AvgIpc) is 2.84. The maximum atomic E-state index is 12.8. The molecule has 0 fully saturated rings. The minimum atomic E-state index is -1.54. The third-order valence-corrected chi connectivity index (χ3v) is 4.51. The van der Waals surface area contributed by atoms with Crippen LogP contribution in [0.3, 0.4) is 0 Å². The molecule has 24 heavy (non-hydrogen) atoms. The summed E-state index contributed by atoms with van der Waals surface area (Å²) in [6.45, 7) is 5.51. The second-order valence-corrected chi connectivity index (χ2v) is 6.91.